The third kappa shape index (κ3) is 2.51. The Kier molecular flexibility index (Phi) is 3.66. The third-order valence-electron chi connectivity index (χ3n) is 2.88. The molecule has 100 valence electrons. The third-order valence-corrected chi connectivity index (χ3v) is 2.88. The lowest BCUT2D eigenvalue weighted by Crippen LogP contribution is -2.24. The number of benzene rings is 1. The molecule has 2 N–H and O–H groups in total. The summed E-state index contributed by atoms with van der Waals surface area (Å²) >= 11 is 0. The van der Waals surface area contributed by atoms with Crippen LogP contribution in [0.3, 0.4) is 0 Å². The van der Waals surface area contributed by atoms with Crippen molar-refractivity contribution in [3.8, 4) is 11.4 Å². The Morgan fingerprint density at radius 3 is 2.68 bits per heavy atom. The summed E-state index contributed by atoms with van der Waals surface area (Å²) in [4.78, 5) is 11.8. The number of para-hydroxylation sites is 2. The van der Waals surface area contributed by atoms with Gasteiger partial charge in [-0.25, -0.2) is 4.68 Å². The smallest absolute Gasteiger partial charge is 0.205 e. The number of hydrogen-bond donors (Lipinski definition) is 1. The highest BCUT2D eigenvalue weighted by Crippen LogP contribution is 2.22. The molecule has 19 heavy (non-hydrogen) atoms. The minimum Gasteiger partial charge on any atom is -0.494 e. The lowest BCUT2D eigenvalue weighted by Gasteiger charge is -2.15. The van der Waals surface area contributed by atoms with Crippen LogP contribution in [-0.2, 0) is 0 Å². The van der Waals surface area contributed by atoms with Crippen LogP contribution in [0.5, 0.6) is 5.75 Å². The van der Waals surface area contributed by atoms with Crippen LogP contribution in [0.1, 0.15) is 24.4 Å². The number of hydrogen-bond acceptors (Lipinski definition) is 4. The maximum Gasteiger partial charge on any atom is 0.205 e. The first-order valence-corrected chi connectivity index (χ1v) is 6.04. The van der Waals surface area contributed by atoms with Crippen LogP contribution in [0.4, 0.5) is 0 Å². The Balaban J connectivity index is 2.68. The minimum absolute atomic E-state index is 0.140. The summed E-state index contributed by atoms with van der Waals surface area (Å²) in [7, 11) is 1.60. The predicted molar refractivity (Wildman–Crippen MR) is 73.7 cm³/mol. The molecule has 0 saturated carbocycles. The number of rotatable bonds is 3. The molecule has 0 saturated heterocycles. The Labute approximate surface area is 111 Å². The number of ether oxygens (including phenoxy) is 1. The van der Waals surface area contributed by atoms with Crippen molar-refractivity contribution in [2.45, 2.75) is 19.9 Å². The van der Waals surface area contributed by atoms with Gasteiger partial charge in [-0.2, -0.15) is 5.10 Å². The zero-order chi connectivity index (χ0) is 14.0. The van der Waals surface area contributed by atoms with E-state index in [4.69, 9.17) is 10.5 Å². The van der Waals surface area contributed by atoms with Crippen LogP contribution < -0.4 is 15.9 Å². The number of nitrogens with zero attached hydrogens (tertiary/aromatic N) is 2. The largest absolute Gasteiger partial charge is 0.494 e. The van der Waals surface area contributed by atoms with Crippen molar-refractivity contribution >= 4 is 0 Å². The average molecular weight is 259 g/mol. The maximum atomic E-state index is 11.8. The van der Waals surface area contributed by atoms with Crippen LogP contribution in [0, 0.1) is 6.92 Å². The highest BCUT2D eigenvalue weighted by molar-refractivity contribution is 5.46. The molecule has 0 spiro atoms. The molecule has 2 rings (SSSR count). The average Bonchev–Trinajstić information content (AvgIpc) is 2.38. The van der Waals surface area contributed by atoms with Gasteiger partial charge in [0.1, 0.15) is 17.1 Å². The Bertz CT molecular complexity index is 647. The zero-order valence-corrected chi connectivity index (χ0v) is 11.3. The van der Waals surface area contributed by atoms with Crippen molar-refractivity contribution in [3.63, 3.8) is 0 Å². The second kappa shape index (κ2) is 5.24. The fraction of sp³-hybridized carbons (Fsp3) is 0.286. The molecule has 0 fully saturated rings. The molecule has 1 heterocycles. The van der Waals surface area contributed by atoms with Crippen molar-refractivity contribution < 1.29 is 4.74 Å². The molecular weight excluding hydrogens is 242 g/mol. The van der Waals surface area contributed by atoms with E-state index in [-0.39, 0.29) is 5.43 Å². The van der Waals surface area contributed by atoms with Gasteiger partial charge in [0, 0.05) is 17.8 Å². The lowest BCUT2D eigenvalue weighted by atomic mass is 10.2. The molecule has 1 unspecified atom stereocenters. The number of methoxy groups -OCH3 is 1. The molecule has 5 nitrogen and oxygen atoms in total. The molecule has 0 aliphatic rings. The zero-order valence-electron chi connectivity index (χ0n) is 11.3. The first-order chi connectivity index (χ1) is 9.04. The Morgan fingerprint density at radius 1 is 1.37 bits per heavy atom. The van der Waals surface area contributed by atoms with E-state index in [2.05, 4.69) is 5.10 Å². The first-order valence-electron chi connectivity index (χ1n) is 6.04. The van der Waals surface area contributed by atoms with Crippen LogP contribution in [-0.4, -0.2) is 16.9 Å². The molecule has 5 heteroatoms. The number of nitrogens with two attached hydrogens (primary N) is 1. The van der Waals surface area contributed by atoms with Crippen molar-refractivity contribution in [2.24, 2.45) is 5.73 Å². The second-order valence-corrected chi connectivity index (χ2v) is 4.41. The SMILES string of the molecule is COc1ccccc1-n1nc(C(C)N)c(=O)cc1C. The van der Waals surface area contributed by atoms with E-state index < -0.39 is 6.04 Å². The summed E-state index contributed by atoms with van der Waals surface area (Å²) in [6.45, 7) is 3.57. The van der Waals surface area contributed by atoms with E-state index in [9.17, 15) is 4.79 Å². The summed E-state index contributed by atoms with van der Waals surface area (Å²) < 4.78 is 6.99. The molecule has 1 aromatic carbocycles. The van der Waals surface area contributed by atoms with Crippen LogP contribution in [0.2, 0.25) is 0 Å². The van der Waals surface area contributed by atoms with Gasteiger partial charge in [0.05, 0.1) is 7.11 Å². The standard InChI is InChI=1S/C14H17N3O2/c1-9-8-12(18)14(10(2)15)16-17(9)11-6-4-5-7-13(11)19-3/h4-8,10H,15H2,1-3H3. The summed E-state index contributed by atoms with van der Waals surface area (Å²) in [5.41, 5.74) is 7.50. The maximum absolute atomic E-state index is 11.8. The van der Waals surface area contributed by atoms with Gasteiger partial charge < -0.3 is 10.5 Å². The highest BCUT2D eigenvalue weighted by Gasteiger charge is 2.13. The van der Waals surface area contributed by atoms with Crippen molar-refractivity contribution in [1.29, 1.82) is 0 Å². The Morgan fingerprint density at radius 2 is 2.05 bits per heavy atom. The Hall–Kier alpha value is -2.14. The quantitative estimate of drug-likeness (QED) is 0.908. The van der Waals surface area contributed by atoms with Gasteiger partial charge in [-0.3, -0.25) is 4.79 Å². The van der Waals surface area contributed by atoms with Gasteiger partial charge in [0.2, 0.25) is 5.43 Å². The van der Waals surface area contributed by atoms with Gasteiger partial charge in [-0.15, -0.1) is 0 Å². The van der Waals surface area contributed by atoms with E-state index in [1.807, 2.05) is 31.2 Å². The molecule has 1 aromatic heterocycles. The highest BCUT2D eigenvalue weighted by atomic mass is 16.5. The van der Waals surface area contributed by atoms with E-state index in [1.54, 1.807) is 18.7 Å². The predicted octanol–water partition coefficient (Wildman–Crippen LogP) is 1.57. The fourth-order valence-electron chi connectivity index (χ4n) is 1.92. The lowest BCUT2D eigenvalue weighted by molar-refractivity contribution is 0.411. The molecule has 0 aliphatic heterocycles. The van der Waals surface area contributed by atoms with Gasteiger partial charge >= 0.3 is 0 Å². The molecule has 0 radical (unpaired) electrons. The molecule has 0 amide bonds. The van der Waals surface area contributed by atoms with E-state index >= 15 is 0 Å². The van der Waals surface area contributed by atoms with E-state index in [0.29, 0.717) is 11.4 Å². The van der Waals surface area contributed by atoms with Gasteiger partial charge in [0.25, 0.3) is 0 Å². The van der Waals surface area contributed by atoms with Gasteiger partial charge in [-0.1, -0.05) is 12.1 Å². The number of aromatic nitrogens is 2. The van der Waals surface area contributed by atoms with E-state index in [1.165, 1.54) is 6.07 Å². The van der Waals surface area contributed by atoms with Crippen LogP contribution >= 0.6 is 0 Å². The molecule has 2 aromatic rings. The molecular formula is C14H17N3O2. The number of aryl methyl sites for hydroxylation is 1. The van der Waals surface area contributed by atoms with Gasteiger partial charge in [0.15, 0.2) is 0 Å². The summed E-state index contributed by atoms with van der Waals surface area (Å²) in [6.07, 6.45) is 0. The first kappa shape index (κ1) is 13.3. The fourth-order valence-corrected chi connectivity index (χ4v) is 1.92. The monoisotopic (exact) mass is 259 g/mol. The van der Waals surface area contributed by atoms with Crippen LogP contribution in [0.25, 0.3) is 5.69 Å². The topological polar surface area (TPSA) is 70.1 Å². The van der Waals surface area contributed by atoms with Gasteiger partial charge in [-0.05, 0) is 26.0 Å². The van der Waals surface area contributed by atoms with Crippen molar-refractivity contribution in [1.82, 2.24) is 9.78 Å². The molecule has 1 atom stereocenters. The van der Waals surface area contributed by atoms with Crippen molar-refractivity contribution in [3.05, 3.63) is 51.9 Å². The minimum atomic E-state index is -0.408. The second-order valence-electron chi connectivity index (χ2n) is 4.41. The molecule has 0 bridgehead atoms. The summed E-state index contributed by atoms with van der Waals surface area (Å²) in [5, 5.41) is 4.35. The van der Waals surface area contributed by atoms with Crippen LogP contribution in [0.15, 0.2) is 35.1 Å². The summed E-state index contributed by atoms with van der Waals surface area (Å²) in [6, 6.07) is 8.64. The molecule has 0 aliphatic carbocycles. The normalized spacial score (nSPS) is 12.2. The van der Waals surface area contributed by atoms with Crippen molar-refractivity contribution in [2.75, 3.05) is 7.11 Å². The van der Waals surface area contributed by atoms with E-state index in [0.717, 1.165) is 11.4 Å². The summed E-state index contributed by atoms with van der Waals surface area (Å²) in [5.74, 6) is 0.692.